The molecular formula is C18H28N6O. The summed E-state index contributed by atoms with van der Waals surface area (Å²) in [5, 5.41) is 11.2. The highest BCUT2D eigenvalue weighted by atomic mass is 16.3. The van der Waals surface area contributed by atoms with Crippen LogP contribution in [-0.4, -0.2) is 41.9 Å². The lowest BCUT2D eigenvalue weighted by Crippen LogP contribution is -2.51. The average molecular weight is 344 g/mol. The Balaban J connectivity index is 1.55. The normalized spacial score (nSPS) is 18.5. The Hall–Kier alpha value is -2.44. The van der Waals surface area contributed by atoms with E-state index in [0.29, 0.717) is 12.6 Å². The minimum Gasteiger partial charge on any atom is -0.466 e. The SMILES string of the molecule is CN=C(NCc1cc(C)oc1C)NC1CCCN(c2cnn(C)c2)C1. The Labute approximate surface area is 149 Å². The standard InChI is InChI=1S/C18H28N6O/c1-13-8-15(14(2)25-13)9-20-18(19-3)22-16-6-5-7-24(11-16)17-10-21-23(4)12-17/h8,10,12,16H,5-7,9,11H2,1-4H3,(H2,19,20,22). The van der Waals surface area contributed by atoms with Gasteiger partial charge in [-0.05, 0) is 32.8 Å². The number of piperidine rings is 1. The molecule has 1 atom stereocenters. The number of hydrogen-bond donors (Lipinski definition) is 2. The van der Waals surface area contributed by atoms with Crippen LogP contribution in [0, 0.1) is 13.8 Å². The molecule has 0 saturated carbocycles. The molecule has 3 rings (SSSR count). The number of rotatable bonds is 4. The van der Waals surface area contributed by atoms with Gasteiger partial charge < -0.3 is 20.0 Å². The number of aryl methyl sites for hydroxylation is 3. The van der Waals surface area contributed by atoms with Gasteiger partial charge in [0.2, 0.25) is 0 Å². The van der Waals surface area contributed by atoms with Crippen LogP contribution < -0.4 is 15.5 Å². The van der Waals surface area contributed by atoms with Gasteiger partial charge in [0.1, 0.15) is 11.5 Å². The molecule has 2 aromatic rings. The first kappa shape index (κ1) is 17.4. The van der Waals surface area contributed by atoms with Gasteiger partial charge in [0, 0.05) is 51.5 Å². The molecule has 0 bridgehead atoms. The molecule has 25 heavy (non-hydrogen) atoms. The summed E-state index contributed by atoms with van der Waals surface area (Å²) >= 11 is 0. The highest BCUT2D eigenvalue weighted by Gasteiger charge is 2.21. The zero-order chi connectivity index (χ0) is 17.8. The molecule has 0 aromatic carbocycles. The number of nitrogens with one attached hydrogen (secondary N) is 2. The van der Waals surface area contributed by atoms with E-state index >= 15 is 0 Å². The van der Waals surface area contributed by atoms with Crippen LogP contribution in [0.3, 0.4) is 0 Å². The summed E-state index contributed by atoms with van der Waals surface area (Å²) in [4.78, 5) is 6.74. The third kappa shape index (κ3) is 4.35. The van der Waals surface area contributed by atoms with Gasteiger partial charge in [-0.2, -0.15) is 5.10 Å². The summed E-state index contributed by atoms with van der Waals surface area (Å²) in [6.07, 6.45) is 6.30. The Morgan fingerprint density at radius 3 is 2.92 bits per heavy atom. The summed E-state index contributed by atoms with van der Waals surface area (Å²) in [5.74, 6) is 2.73. The molecule has 1 saturated heterocycles. The summed E-state index contributed by atoms with van der Waals surface area (Å²) in [6.45, 7) is 6.70. The maximum atomic E-state index is 5.58. The monoisotopic (exact) mass is 344 g/mol. The Morgan fingerprint density at radius 1 is 1.44 bits per heavy atom. The average Bonchev–Trinajstić information content (AvgIpc) is 3.17. The van der Waals surface area contributed by atoms with Gasteiger partial charge in [-0.25, -0.2) is 0 Å². The van der Waals surface area contributed by atoms with Crippen molar-refractivity contribution in [2.45, 2.75) is 39.3 Å². The second kappa shape index (κ2) is 7.63. The third-order valence-corrected chi connectivity index (χ3v) is 4.63. The summed E-state index contributed by atoms with van der Waals surface area (Å²) in [6, 6.07) is 2.44. The van der Waals surface area contributed by atoms with Crippen LogP contribution >= 0.6 is 0 Å². The van der Waals surface area contributed by atoms with Crippen LogP contribution in [0.2, 0.25) is 0 Å². The van der Waals surface area contributed by atoms with Gasteiger partial charge in [0.05, 0.1) is 11.9 Å². The molecule has 3 heterocycles. The van der Waals surface area contributed by atoms with Crippen molar-refractivity contribution in [3.8, 4) is 0 Å². The fourth-order valence-corrected chi connectivity index (χ4v) is 3.33. The Bertz CT molecular complexity index is 732. The molecule has 7 nitrogen and oxygen atoms in total. The number of guanidine groups is 1. The van der Waals surface area contributed by atoms with E-state index in [-0.39, 0.29) is 0 Å². The molecule has 0 amide bonds. The fourth-order valence-electron chi connectivity index (χ4n) is 3.33. The maximum Gasteiger partial charge on any atom is 0.191 e. The highest BCUT2D eigenvalue weighted by molar-refractivity contribution is 5.80. The molecule has 1 unspecified atom stereocenters. The van der Waals surface area contributed by atoms with Crippen LogP contribution in [0.1, 0.15) is 29.9 Å². The smallest absolute Gasteiger partial charge is 0.191 e. The molecule has 0 aliphatic carbocycles. The van der Waals surface area contributed by atoms with E-state index in [4.69, 9.17) is 4.42 Å². The lowest BCUT2D eigenvalue weighted by Gasteiger charge is -2.34. The largest absolute Gasteiger partial charge is 0.466 e. The molecule has 1 fully saturated rings. The number of aliphatic imine (C=N–C) groups is 1. The first-order valence-corrected chi connectivity index (χ1v) is 8.82. The molecule has 136 valence electrons. The zero-order valence-electron chi connectivity index (χ0n) is 15.5. The second-order valence-electron chi connectivity index (χ2n) is 6.67. The van der Waals surface area contributed by atoms with Crippen molar-refractivity contribution in [3.05, 3.63) is 35.5 Å². The van der Waals surface area contributed by atoms with Gasteiger partial charge in [0.15, 0.2) is 5.96 Å². The Kier molecular flexibility index (Phi) is 5.31. The quantitative estimate of drug-likeness (QED) is 0.655. The Morgan fingerprint density at radius 2 is 2.28 bits per heavy atom. The van der Waals surface area contributed by atoms with Crippen molar-refractivity contribution in [2.24, 2.45) is 12.0 Å². The summed E-state index contributed by atoms with van der Waals surface area (Å²) in [5.41, 5.74) is 2.35. The molecule has 1 aliphatic heterocycles. The van der Waals surface area contributed by atoms with Crippen molar-refractivity contribution in [1.29, 1.82) is 0 Å². The summed E-state index contributed by atoms with van der Waals surface area (Å²) < 4.78 is 7.43. The van der Waals surface area contributed by atoms with Gasteiger partial charge in [-0.3, -0.25) is 9.67 Å². The number of aromatic nitrogens is 2. The lowest BCUT2D eigenvalue weighted by atomic mass is 10.1. The van der Waals surface area contributed by atoms with Gasteiger partial charge in [-0.15, -0.1) is 0 Å². The highest BCUT2D eigenvalue weighted by Crippen LogP contribution is 2.19. The van der Waals surface area contributed by atoms with Crippen LogP contribution in [0.5, 0.6) is 0 Å². The number of hydrogen-bond acceptors (Lipinski definition) is 4. The minimum atomic E-state index is 0.368. The van der Waals surface area contributed by atoms with Crippen molar-refractivity contribution in [3.63, 3.8) is 0 Å². The predicted octanol–water partition coefficient (Wildman–Crippen LogP) is 1.96. The molecule has 0 spiro atoms. The van der Waals surface area contributed by atoms with Crippen molar-refractivity contribution >= 4 is 11.6 Å². The maximum absolute atomic E-state index is 5.58. The topological polar surface area (TPSA) is 70.6 Å². The van der Waals surface area contributed by atoms with Gasteiger partial charge in [-0.1, -0.05) is 0 Å². The first-order valence-electron chi connectivity index (χ1n) is 8.82. The third-order valence-electron chi connectivity index (χ3n) is 4.63. The molecule has 1 aliphatic rings. The minimum absolute atomic E-state index is 0.368. The van der Waals surface area contributed by atoms with Crippen LogP contribution in [-0.2, 0) is 13.6 Å². The summed E-state index contributed by atoms with van der Waals surface area (Å²) in [7, 11) is 3.76. The van der Waals surface area contributed by atoms with Crippen molar-refractivity contribution in [2.75, 3.05) is 25.0 Å². The lowest BCUT2D eigenvalue weighted by molar-refractivity contribution is 0.467. The molecule has 2 N–H and O–H groups in total. The molecular weight excluding hydrogens is 316 g/mol. The number of furan rings is 1. The van der Waals surface area contributed by atoms with E-state index in [1.54, 1.807) is 0 Å². The van der Waals surface area contributed by atoms with E-state index in [9.17, 15) is 0 Å². The van der Waals surface area contributed by atoms with E-state index in [1.165, 1.54) is 11.3 Å². The van der Waals surface area contributed by atoms with E-state index in [0.717, 1.165) is 43.4 Å². The molecule has 0 radical (unpaired) electrons. The molecule has 2 aromatic heterocycles. The molecule has 7 heteroatoms. The van der Waals surface area contributed by atoms with Crippen molar-refractivity contribution in [1.82, 2.24) is 20.4 Å². The van der Waals surface area contributed by atoms with Crippen LogP contribution in [0.15, 0.2) is 27.9 Å². The van der Waals surface area contributed by atoms with Crippen LogP contribution in [0.25, 0.3) is 0 Å². The van der Waals surface area contributed by atoms with E-state index in [2.05, 4.69) is 37.9 Å². The van der Waals surface area contributed by atoms with E-state index < -0.39 is 0 Å². The number of anilines is 1. The van der Waals surface area contributed by atoms with Crippen molar-refractivity contribution < 1.29 is 4.42 Å². The van der Waals surface area contributed by atoms with Gasteiger partial charge >= 0.3 is 0 Å². The van der Waals surface area contributed by atoms with E-state index in [1.807, 2.05) is 38.8 Å². The zero-order valence-corrected chi connectivity index (χ0v) is 15.5. The second-order valence-corrected chi connectivity index (χ2v) is 6.67. The number of nitrogens with zero attached hydrogens (tertiary/aromatic N) is 4. The van der Waals surface area contributed by atoms with Crippen LogP contribution in [0.4, 0.5) is 5.69 Å². The van der Waals surface area contributed by atoms with Gasteiger partial charge in [0.25, 0.3) is 0 Å². The fraction of sp³-hybridized carbons (Fsp3) is 0.556. The predicted molar refractivity (Wildman–Crippen MR) is 100.0 cm³/mol. The first-order chi connectivity index (χ1) is 12.0.